The molecule has 0 aliphatic heterocycles. The molecular formula is C14H14ClFN2OS. The summed E-state index contributed by atoms with van der Waals surface area (Å²) in [5, 5.41) is 5.54. The number of rotatable bonds is 4. The Morgan fingerprint density at radius 2 is 2.00 bits per heavy atom. The van der Waals surface area contributed by atoms with Crippen molar-refractivity contribution in [1.29, 1.82) is 0 Å². The van der Waals surface area contributed by atoms with Crippen LogP contribution < -0.4 is 10.6 Å². The molecule has 1 heterocycles. The number of urea groups is 1. The van der Waals surface area contributed by atoms with Gasteiger partial charge in [0.25, 0.3) is 0 Å². The molecule has 0 aliphatic carbocycles. The lowest BCUT2D eigenvalue weighted by Crippen LogP contribution is -2.36. The zero-order valence-electron chi connectivity index (χ0n) is 10.8. The third-order valence-electron chi connectivity index (χ3n) is 2.73. The van der Waals surface area contributed by atoms with Gasteiger partial charge in [0.15, 0.2) is 0 Å². The molecule has 0 bridgehead atoms. The maximum absolute atomic E-state index is 12.7. The Bertz CT molecular complexity index is 585. The summed E-state index contributed by atoms with van der Waals surface area (Å²) in [6.45, 7) is 2.24. The number of benzene rings is 1. The van der Waals surface area contributed by atoms with Gasteiger partial charge in [0.05, 0.1) is 10.4 Å². The van der Waals surface area contributed by atoms with Crippen LogP contribution in [0.4, 0.5) is 9.18 Å². The molecule has 0 fully saturated rings. The van der Waals surface area contributed by atoms with Crippen molar-refractivity contribution in [3.05, 3.63) is 57.0 Å². The van der Waals surface area contributed by atoms with Crippen LogP contribution in [0.25, 0.3) is 0 Å². The summed E-state index contributed by atoms with van der Waals surface area (Å²) in [6.07, 6.45) is 0. The van der Waals surface area contributed by atoms with Crippen molar-refractivity contribution in [3.63, 3.8) is 0 Å². The summed E-state index contributed by atoms with van der Waals surface area (Å²) in [4.78, 5) is 12.7. The molecule has 2 N–H and O–H groups in total. The van der Waals surface area contributed by atoms with Crippen LogP contribution in [0.2, 0.25) is 4.34 Å². The molecule has 6 heteroatoms. The first-order valence-electron chi connectivity index (χ1n) is 6.08. The highest BCUT2D eigenvalue weighted by molar-refractivity contribution is 7.16. The molecule has 1 aromatic heterocycles. The van der Waals surface area contributed by atoms with Gasteiger partial charge in [0, 0.05) is 11.4 Å². The predicted molar refractivity (Wildman–Crippen MR) is 79.5 cm³/mol. The monoisotopic (exact) mass is 312 g/mol. The number of halogens is 2. The van der Waals surface area contributed by atoms with Crippen LogP contribution in [-0.4, -0.2) is 6.03 Å². The van der Waals surface area contributed by atoms with Crippen LogP contribution in [0.3, 0.4) is 0 Å². The van der Waals surface area contributed by atoms with Crippen molar-refractivity contribution in [1.82, 2.24) is 10.6 Å². The number of hydrogen-bond donors (Lipinski definition) is 2. The summed E-state index contributed by atoms with van der Waals surface area (Å²) >= 11 is 7.29. The minimum Gasteiger partial charge on any atom is -0.334 e. The van der Waals surface area contributed by atoms with E-state index < -0.39 is 0 Å². The smallest absolute Gasteiger partial charge is 0.315 e. The second-order valence-electron chi connectivity index (χ2n) is 4.32. The van der Waals surface area contributed by atoms with E-state index in [-0.39, 0.29) is 17.9 Å². The number of nitrogens with one attached hydrogen (secondary N) is 2. The van der Waals surface area contributed by atoms with E-state index in [4.69, 9.17) is 11.6 Å². The summed E-state index contributed by atoms with van der Waals surface area (Å²) in [7, 11) is 0. The molecule has 0 radical (unpaired) electrons. The van der Waals surface area contributed by atoms with Crippen molar-refractivity contribution in [2.45, 2.75) is 19.5 Å². The average Bonchev–Trinajstić information content (AvgIpc) is 2.85. The second kappa shape index (κ2) is 6.72. The Labute approximate surface area is 125 Å². The first-order valence-corrected chi connectivity index (χ1v) is 7.28. The van der Waals surface area contributed by atoms with Crippen molar-refractivity contribution in [3.8, 4) is 0 Å². The van der Waals surface area contributed by atoms with Gasteiger partial charge >= 0.3 is 6.03 Å². The fourth-order valence-electron chi connectivity index (χ4n) is 1.66. The minimum atomic E-state index is -0.290. The Morgan fingerprint density at radius 1 is 1.30 bits per heavy atom. The third kappa shape index (κ3) is 4.21. The highest BCUT2D eigenvalue weighted by Crippen LogP contribution is 2.26. The number of thiophene rings is 1. The van der Waals surface area contributed by atoms with Gasteiger partial charge in [-0.15, -0.1) is 11.3 Å². The number of hydrogen-bond acceptors (Lipinski definition) is 2. The maximum Gasteiger partial charge on any atom is 0.315 e. The fourth-order valence-corrected chi connectivity index (χ4v) is 2.73. The van der Waals surface area contributed by atoms with E-state index >= 15 is 0 Å². The van der Waals surface area contributed by atoms with Crippen molar-refractivity contribution < 1.29 is 9.18 Å². The molecule has 106 valence electrons. The average molecular weight is 313 g/mol. The lowest BCUT2D eigenvalue weighted by atomic mass is 10.2. The second-order valence-corrected chi connectivity index (χ2v) is 6.06. The summed E-state index contributed by atoms with van der Waals surface area (Å²) in [6, 6.07) is 9.31. The molecule has 1 aromatic carbocycles. The zero-order valence-corrected chi connectivity index (χ0v) is 12.4. The van der Waals surface area contributed by atoms with Gasteiger partial charge in [0.1, 0.15) is 5.82 Å². The van der Waals surface area contributed by atoms with Gasteiger partial charge in [0.2, 0.25) is 0 Å². The van der Waals surface area contributed by atoms with Crippen molar-refractivity contribution in [2.75, 3.05) is 0 Å². The van der Waals surface area contributed by atoms with Crippen LogP contribution in [0.5, 0.6) is 0 Å². The lowest BCUT2D eigenvalue weighted by molar-refractivity contribution is 0.237. The molecule has 3 nitrogen and oxygen atoms in total. The molecule has 2 aromatic rings. The van der Waals surface area contributed by atoms with Crippen LogP contribution in [-0.2, 0) is 6.54 Å². The van der Waals surface area contributed by atoms with E-state index in [0.717, 1.165) is 10.4 Å². The topological polar surface area (TPSA) is 41.1 Å². The fraction of sp³-hybridized carbons (Fsp3) is 0.214. The van der Waals surface area contributed by atoms with Crippen LogP contribution in [0, 0.1) is 5.82 Å². The highest BCUT2D eigenvalue weighted by atomic mass is 35.5. The number of carbonyl (C=O) groups is 1. The quantitative estimate of drug-likeness (QED) is 0.876. The number of amides is 2. The van der Waals surface area contributed by atoms with Crippen LogP contribution in [0.15, 0.2) is 36.4 Å². The first kappa shape index (κ1) is 14.8. The van der Waals surface area contributed by atoms with E-state index in [9.17, 15) is 9.18 Å². The molecule has 1 atom stereocenters. The van der Waals surface area contributed by atoms with Crippen molar-refractivity contribution >= 4 is 29.0 Å². The molecule has 0 unspecified atom stereocenters. The minimum absolute atomic E-state index is 0.110. The SMILES string of the molecule is C[C@H](NC(=O)NCc1ccc(F)cc1)c1ccc(Cl)s1. The van der Waals surface area contributed by atoms with Crippen molar-refractivity contribution in [2.24, 2.45) is 0 Å². The van der Waals surface area contributed by atoms with Gasteiger partial charge < -0.3 is 10.6 Å². The largest absolute Gasteiger partial charge is 0.334 e. The van der Waals surface area contributed by atoms with Gasteiger partial charge in [-0.25, -0.2) is 9.18 Å². The normalized spacial score (nSPS) is 11.9. The van der Waals surface area contributed by atoms with E-state index in [1.165, 1.54) is 23.5 Å². The van der Waals surface area contributed by atoms with Gasteiger partial charge in [-0.1, -0.05) is 23.7 Å². The lowest BCUT2D eigenvalue weighted by Gasteiger charge is -2.13. The summed E-state index contributed by atoms with van der Waals surface area (Å²) in [5.74, 6) is -0.290. The van der Waals surface area contributed by atoms with Gasteiger partial charge in [-0.2, -0.15) is 0 Å². The standard InChI is InChI=1S/C14H14ClFN2OS/c1-9(12-6-7-13(15)20-12)18-14(19)17-8-10-2-4-11(16)5-3-10/h2-7,9H,8H2,1H3,(H2,17,18,19)/t9-/m0/s1. The predicted octanol–water partition coefficient (Wildman–Crippen LogP) is 4.10. The first-order chi connectivity index (χ1) is 9.54. The number of carbonyl (C=O) groups excluding carboxylic acids is 1. The molecular weight excluding hydrogens is 299 g/mol. The van der Waals surface area contributed by atoms with Gasteiger partial charge in [-0.05, 0) is 36.8 Å². The van der Waals surface area contributed by atoms with Crippen LogP contribution in [0.1, 0.15) is 23.4 Å². The van der Waals surface area contributed by atoms with E-state index in [2.05, 4.69) is 10.6 Å². The molecule has 0 saturated heterocycles. The molecule has 0 saturated carbocycles. The third-order valence-corrected chi connectivity index (χ3v) is 4.15. The molecule has 2 amide bonds. The summed E-state index contributed by atoms with van der Waals surface area (Å²) in [5.41, 5.74) is 0.841. The summed E-state index contributed by atoms with van der Waals surface area (Å²) < 4.78 is 13.4. The molecule has 20 heavy (non-hydrogen) atoms. The highest BCUT2D eigenvalue weighted by Gasteiger charge is 2.11. The van der Waals surface area contributed by atoms with E-state index in [0.29, 0.717) is 10.9 Å². The zero-order chi connectivity index (χ0) is 14.5. The Balaban J connectivity index is 1.82. The Morgan fingerprint density at radius 3 is 2.60 bits per heavy atom. The van der Waals surface area contributed by atoms with Crippen LogP contribution >= 0.6 is 22.9 Å². The molecule has 0 aliphatic rings. The molecule has 0 spiro atoms. The Hall–Kier alpha value is -1.59. The van der Waals surface area contributed by atoms with E-state index in [1.54, 1.807) is 18.2 Å². The van der Waals surface area contributed by atoms with E-state index in [1.807, 2.05) is 13.0 Å². The maximum atomic E-state index is 12.7. The Kier molecular flexibility index (Phi) is 4.98. The van der Waals surface area contributed by atoms with Gasteiger partial charge in [-0.3, -0.25) is 0 Å². The molecule has 2 rings (SSSR count).